The van der Waals surface area contributed by atoms with E-state index >= 15 is 0 Å². The second-order valence-corrected chi connectivity index (χ2v) is 8.35. The van der Waals surface area contributed by atoms with Gasteiger partial charge >= 0.3 is 0 Å². The molecule has 2 atom stereocenters. The highest BCUT2D eigenvalue weighted by atomic mass is 32.1. The molecule has 27 heavy (non-hydrogen) atoms. The van der Waals surface area contributed by atoms with E-state index in [1.54, 1.807) is 11.3 Å². The molecule has 2 unspecified atom stereocenters. The van der Waals surface area contributed by atoms with Crippen LogP contribution in [0.4, 0.5) is 0 Å². The van der Waals surface area contributed by atoms with Gasteiger partial charge in [-0.25, -0.2) is 4.98 Å². The van der Waals surface area contributed by atoms with E-state index in [2.05, 4.69) is 46.4 Å². The van der Waals surface area contributed by atoms with Crippen molar-refractivity contribution in [2.24, 2.45) is 0 Å². The molecule has 144 valence electrons. The minimum atomic E-state index is -0.0752. The van der Waals surface area contributed by atoms with Gasteiger partial charge in [0.2, 0.25) is 0 Å². The highest BCUT2D eigenvalue weighted by molar-refractivity contribution is 7.10. The summed E-state index contributed by atoms with van der Waals surface area (Å²) in [5.41, 5.74) is 1.86. The number of hydrogen-bond acceptors (Lipinski definition) is 5. The van der Waals surface area contributed by atoms with Gasteiger partial charge in [-0.2, -0.15) is 0 Å². The van der Waals surface area contributed by atoms with E-state index in [-0.39, 0.29) is 18.1 Å². The first-order chi connectivity index (χ1) is 13.2. The molecule has 2 heterocycles. The third-order valence-corrected chi connectivity index (χ3v) is 6.32. The summed E-state index contributed by atoms with van der Waals surface area (Å²) in [6.07, 6.45) is 3.27. The number of hydrogen-bond donors (Lipinski definition) is 1. The minimum Gasteiger partial charge on any atom is -0.373 e. The van der Waals surface area contributed by atoms with Crippen molar-refractivity contribution in [2.75, 3.05) is 19.7 Å². The number of benzene rings is 1. The highest BCUT2D eigenvalue weighted by Gasteiger charge is 2.30. The SMILES string of the molecule is CCC(NC(=O)c1csc(C2CC2)n1)C1CN(Cc2ccccc2)CCO1. The van der Waals surface area contributed by atoms with E-state index in [1.165, 1.54) is 18.4 Å². The van der Waals surface area contributed by atoms with Crippen molar-refractivity contribution < 1.29 is 9.53 Å². The summed E-state index contributed by atoms with van der Waals surface area (Å²) in [6, 6.07) is 10.5. The quantitative estimate of drug-likeness (QED) is 0.793. The van der Waals surface area contributed by atoms with E-state index in [1.807, 2.05) is 11.4 Å². The third-order valence-electron chi connectivity index (χ3n) is 5.31. The number of rotatable bonds is 7. The molecule has 1 aliphatic carbocycles. The predicted molar refractivity (Wildman–Crippen MR) is 107 cm³/mol. The predicted octanol–water partition coefficient (Wildman–Crippen LogP) is 3.43. The van der Waals surface area contributed by atoms with Gasteiger partial charge in [-0.15, -0.1) is 11.3 Å². The molecule has 1 saturated carbocycles. The zero-order valence-electron chi connectivity index (χ0n) is 15.8. The molecular formula is C21H27N3O2S. The molecule has 0 radical (unpaired) electrons. The summed E-state index contributed by atoms with van der Waals surface area (Å²) in [6.45, 7) is 5.47. The lowest BCUT2D eigenvalue weighted by molar-refractivity contribution is -0.0483. The molecule has 1 aromatic heterocycles. The number of ether oxygens (including phenoxy) is 1. The molecule has 4 rings (SSSR count). The number of nitrogens with one attached hydrogen (secondary N) is 1. The number of aromatic nitrogens is 1. The molecule has 1 saturated heterocycles. The smallest absolute Gasteiger partial charge is 0.271 e. The Kier molecular flexibility index (Phi) is 5.86. The first-order valence-electron chi connectivity index (χ1n) is 9.87. The minimum absolute atomic E-state index is 0.00199. The van der Waals surface area contributed by atoms with Crippen LogP contribution in [0.1, 0.15) is 53.2 Å². The molecule has 0 spiro atoms. The van der Waals surface area contributed by atoms with Gasteiger partial charge < -0.3 is 10.1 Å². The number of thiazole rings is 1. The molecular weight excluding hydrogens is 358 g/mol. The van der Waals surface area contributed by atoms with Gasteiger partial charge in [0.15, 0.2) is 0 Å². The van der Waals surface area contributed by atoms with Crippen molar-refractivity contribution in [3.8, 4) is 0 Å². The lowest BCUT2D eigenvalue weighted by Gasteiger charge is -2.37. The number of nitrogens with zero attached hydrogens (tertiary/aromatic N) is 2. The number of amides is 1. The fourth-order valence-corrected chi connectivity index (χ4v) is 4.54. The van der Waals surface area contributed by atoms with E-state index in [9.17, 15) is 4.79 Å². The Hall–Kier alpha value is -1.76. The second-order valence-electron chi connectivity index (χ2n) is 7.46. The van der Waals surface area contributed by atoms with Crippen LogP contribution >= 0.6 is 11.3 Å². The maximum atomic E-state index is 12.6. The molecule has 2 fully saturated rings. The Balaban J connectivity index is 1.35. The zero-order valence-corrected chi connectivity index (χ0v) is 16.6. The van der Waals surface area contributed by atoms with Gasteiger partial charge in [-0.05, 0) is 24.8 Å². The van der Waals surface area contributed by atoms with E-state index in [4.69, 9.17) is 4.74 Å². The monoisotopic (exact) mass is 385 g/mol. The number of morpholine rings is 1. The number of carbonyl (C=O) groups is 1. The summed E-state index contributed by atoms with van der Waals surface area (Å²) in [7, 11) is 0. The van der Waals surface area contributed by atoms with Crippen LogP contribution in [0.5, 0.6) is 0 Å². The summed E-state index contributed by atoms with van der Waals surface area (Å²) in [4.78, 5) is 19.6. The third kappa shape index (κ3) is 4.75. The van der Waals surface area contributed by atoms with Crippen LogP contribution in [0.15, 0.2) is 35.7 Å². The topological polar surface area (TPSA) is 54.5 Å². The highest BCUT2D eigenvalue weighted by Crippen LogP contribution is 2.41. The van der Waals surface area contributed by atoms with Crippen molar-refractivity contribution in [3.63, 3.8) is 0 Å². The van der Waals surface area contributed by atoms with Crippen LogP contribution in [-0.4, -0.2) is 47.6 Å². The Morgan fingerprint density at radius 2 is 2.19 bits per heavy atom. The van der Waals surface area contributed by atoms with Crippen LogP contribution in [0.3, 0.4) is 0 Å². The fraction of sp³-hybridized carbons (Fsp3) is 0.524. The molecule has 1 N–H and O–H groups in total. The summed E-state index contributed by atoms with van der Waals surface area (Å²) in [5.74, 6) is 0.514. The van der Waals surface area contributed by atoms with Crippen molar-refractivity contribution in [3.05, 3.63) is 52.0 Å². The van der Waals surface area contributed by atoms with Crippen LogP contribution < -0.4 is 5.32 Å². The Bertz CT molecular complexity index is 760. The van der Waals surface area contributed by atoms with Crippen molar-refractivity contribution in [1.82, 2.24) is 15.2 Å². The summed E-state index contributed by atoms with van der Waals surface area (Å²) < 4.78 is 6.01. The Morgan fingerprint density at radius 3 is 2.93 bits per heavy atom. The van der Waals surface area contributed by atoms with Crippen molar-refractivity contribution in [2.45, 2.75) is 50.8 Å². The molecule has 2 aliphatic rings. The normalized spacial score (nSPS) is 21.7. The lowest BCUT2D eigenvalue weighted by atomic mass is 10.1. The number of carbonyl (C=O) groups excluding carboxylic acids is 1. The maximum absolute atomic E-state index is 12.6. The van der Waals surface area contributed by atoms with Crippen LogP contribution in [0, 0.1) is 0 Å². The van der Waals surface area contributed by atoms with Gasteiger partial charge in [0.25, 0.3) is 5.91 Å². The van der Waals surface area contributed by atoms with Gasteiger partial charge in [0.1, 0.15) is 5.69 Å². The zero-order chi connectivity index (χ0) is 18.6. The van der Waals surface area contributed by atoms with Crippen LogP contribution in [-0.2, 0) is 11.3 Å². The van der Waals surface area contributed by atoms with Gasteiger partial charge in [-0.3, -0.25) is 9.69 Å². The van der Waals surface area contributed by atoms with E-state index in [0.29, 0.717) is 18.2 Å². The average Bonchev–Trinajstić information content (AvgIpc) is 3.43. The van der Waals surface area contributed by atoms with Gasteiger partial charge in [-0.1, -0.05) is 37.3 Å². The van der Waals surface area contributed by atoms with E-state index in [0.717, 1.165) is 31.1 Å². The van der Waals surface area contributed by atoms with E-state index < -0.39 is 0 Å². The lowest BCUT2D eigenvalue weighted by Crippen LogP contribution is -2.53. The largest absolute Gasteiger partial charge is 0.373 e. The molecule has 0 bridgehead atoms. The molecule has 1 aromatic carbocycles. The molecule has 1 aliphatic heterocycles. The van der Waals surface area contributed by atoms with Crippen molar-refractivity contribution >= 4 is 17.2 Å². The van der Waals surface area contributed by atoms with Crippen molar-refractivity contribution in [1.29, 1.82) is 0 Å². The van der Waals surface area contributed by atoms with Crippen LogP contribution in [0.2, 0.25) is 0 Å². The average molecular weight is 386 g/mol. The first-order valence-corrected chi connectivity index (χ1v) is 10.7. The summed E-state index contributed by atoms with van der Waals surface area (Å²) >= 11 is 1.61. The molecule has 1 amide bonds. The van der Waals surface area contributed by atoms with Gasteiger partial charge in [0.05, 0.1) is 23.8 Å². The second kappa shape index (κ2) is 8.50. The first kappa shape index (κ1) is 18.6. The van der Waals surface area contributed by atoms with Crippen LogP contribution in [0.25, 0.3) is 0 Å². The molecule has 2 aromatic rings. The maximum Gasteiger partial charge on any atom is 0.271 e. The molecule has 5 nitrogen and oxygen atoms in total. The Labute approximate surface area is 164 Å². The Morgan fingerprint density at radius 1 is 1.37 bits per heavy atom. The molecule has 6 heteroatoms. The fourth-order valence-electron chi connectivity index (χ4n) is 3.57. The summed E-state index contributed by atoms with van der Waals surface area (Å²) in [5, 5.41) is 6.16. The van der Waals surface area contributed by atoms with Gasteiger partial charge in [0, 0.05) is 30.9 Å². The standard InChI is InChI=1S/C21H27N3O2S/c1-2-17(22-20(25)18-14-27-21(23-18)16-8-9-16)19-13-24(10-11-26-19)12-15-6-4-3-5-7-15/h3-7,14,16-17,19H,2,8-13H2,1H3,(H,22,25).